The second-order valence-electron chi connectivity index (χ2n) is 13.1. The number of aromatic nitrogens is 1. The van der Waals surface area contributed by atoms with Gasteiger partial charge in [-0.25, -0.2) is 4.98 Å². The first-order chi connectivity index (χ1) is 25.3. The fraction of sp³-hybridized carbons (Fsp3) is 0. The number of pyridine rings is 1. The molecular weight excluding hydrogens is 641 g/mol. The van der Waals surface area contributed by atoms with Crippen LogP contribution >= 0.6 is 11.8 Å². The van der Waals surface area contributed by atoms with Crippen LogP contribution in [-0.2, 0) is 0 Å². The van der Waals surface area contributed by atoms with Gasteiger partial charge in [-0.05, 0) is 93.3 Å². The lowest BCUT2D eigenvalue weighted by Gasteiger charge is -2.32. The third-order valence-electron chi connectivity index (χ3n) is 10.2. The van der Waals surface area contributed by atoms with Crippen LogP contribution in [0.5, 0.6) is 0 Å². The topological polar surface area (TPSA) is 29.3 Å². The highest BCUT2D eigenvalue weighted by Gasteiger charge is 2.25. The number of nitrogens with zero attached hydrogens (tertiary/aromatic N) is 2. The van der Waals surface area contributed by atoms with Crippen molar-refractivity contribution in [2.24, 2.45) is 0 Å². The molecule has 0 radical (unpaired) electrons. The van der Waals surface area contributed by atoms with Gasteiger partial charge in [-0.2, -0.15) is 0 Å². The fourth-order valence-corrected chi connectivity index (χ4v) is 8.97. The molecule has 0 spiro atoms. The molecule has 0 unspecified atom stereocenters. The predicted molar refractivity (Wildman–Crippen MR) is 214 cm³/mol. The second kappa shape index (κ2) is 11.1. The number of rotatable bonds is 3. The van der Waals surface area contributed by atoms with Crippen molar-refractivity contribution in [2.45, 2.75) is 9.79 Å². The zero-order chi connectivity index (χ0) is 33.5. The van der Waals surface area contributed by atoms with E-state index in [1.807, 2.05) is 11.8 Å². The number of anilines is 3. The van der Waals surface area contributed by atoms with E-state index in [4.69, 9.17) is 9.40 Å². The Bertz CT molecular complexity index is 2970. The molecule has 0 bridgehead atoms. The molecule has 0 N–H and O–H groups in total. The Morgan fingerprint density at radius 3 is 1.88 bits per heavy atom. The first kappa shape index (κ1) is 28.5. The summed E-state index contributed by atoms with van der Waals surface area (Å²) in [5.74, 6) is 0. The molecule has 3 heterocycles. The Labute approximate surface area is 298 Å². The summed E-state index contributed by atoms with van der Waals surface area (Å²) >= 11 is 1.83. The van der Waals surface area contributed by atoms with Gasteiger partial charge in [-0.15, -0.1) is 0 Å². The third-order valence-corrected chi connectivity index (χ3v) is 11.4. The van der Waals surface area contributed by atoms with Crippen molar-refractivity contribution >= 4 is 83.2 Å². The SMILES string of the molecule is c1ccc2c(c1)Sc1ccccc1N2c1ccc(-c2cc(-c3cccc4ccccc34)c3ccc4oc5ccc6ccccc6c5c4c3n2)cc1. The third kappa shape index (κ3) is 4.37. The average molecular weight is 669 g/mol. The minimum absolute atomic E-state index is 0.845. The monoisotopic (exact) mass is 668 g/mol. The predicted octanol–water partition coefficient (Wildman–Crippen LogP) is 13.7. The summed E-state index contributed by atoms with van der Waals surface area (Å²) in [5, 5.41) is 8.06. The molecule has 0 fully saturated rings. The molecule has 10 aromatic rings. The maximum Gasteiger partial charge on any atom is 0.137 e. The van der Waals surface area contributed by atoms with Gasteiger partial charge in [-0.1, -0.05) is 121 Å². The highest BCUT2D eigenvalue weighted by Crippen LogP contribution is 2.51. The van der Waals surface area contributed by atoms with Crippen LogP contribution < -0.4 is 4.90 Å². The summed E-state index contributed by atoms with van der Waals surface area (Å²) in [6, 6.07) is 60.7. The fourth-order valence-electron chi connectivity index (χ4n) is 7.91. The Morgan fingerprint density at radius 1 is 0.471 bits per heavy atom. The Kier molecular flexibility index (Phi) is 6.18. The normalized spacial score (nSPS) is 12.6. The second-order valence-corrected chi connectivity index (χ2v) is 14.2. The summed E-state index contributed by atoms with van der Waals surface area (Å²) in [5.41, 5.74) is 10.5. The molecule has 2 aromatic heterocycles. The van der Waals surface area contributed by atoms with E-state index in [2.05, 4.69) is 175 Å². The lowest BCUT2D eigenvalue weighted by molar-refractivity contribution is 0.669. The quantitative estimate of drug-likeness (QED) is 0.187. The molecule has 8 aromatic carbocycles. The Morgan fingerprint density at radius 2 is 1.10 bits per heavy atom. The molecule has 0 amide bonds. The molecule has 3 nitrogen and oxygen atoms in total. The maximum atomic E-state index is 6.52. The van der Waals surface area contributed by atoms with Gasteiger partial charge in [0.15, 0.2) is 0 Å². The van der Waals surface area contributed by atoms with Gasteiger partial charge in [0.25, 0.3) is 0 Å². The lowest BCUT2D eigenvalue weighted by atomic mass is 9.92. The molecule has 1 aliphatic heterocycles. The van der Waals surface area contributed by atoms with Crippen LogP contribution in [0.15, 0.2) is 184 Å². The molecule has 0 saturated heterocycles. The van der Waals surface area contributed by atoms with E-state index in [1.54, 1.807) is 0 Å². The van der Waals surface area contributed by atoms with Crippen molar-refractivity contribution in [1.29, 1.82) is 0 Å². The van der Waals surface area contributed by atoms with E-state index >= 15 is 0 Å². The van der Waals surface area contributed by atoms with Crippen molar-refractivity contribution in [3.8, 4) is 22.4 Å². The van der Waals surface area contributed by atoms with Gasteiger partial charge < -0.3 is 9.32 Å². The summed E-state index contributed by atoms with van der Waals surface area (Å²) in [6.07, 6.45) is 0. The molecule has 0 aliphatic carbocycles. The van der Waals surface area contributed by atoms with E-state index in [1.165, 1.54) is 48.3 Å². The van der Waals surface area contributed by atoms with E-state index in [0.29, 0.717) is 0 Å². The highest BCUT2D eigenvalue weighted by atomic mass is 32.2. The van der Waals surface area contributed by atoms with Gasteiger partial charge in [0.05, 0.1) is 28.0 Å². The minimum atomic E-state index is 0.845. The van der Waals surface area contributed by atoms with Crippen molar-refractivity contribution in [3.63, 3.8) is 0 Å². The van der Waals surface area contributed by atoms with Gasteiger partial charge in [-0.3, -0.25) is 0 Å². The number of fused-ring (bicyclic) bond motifs is 10. The number of benzene rings is 8. The first-order valence-corrected chi connectivity index (χ1v) is 18.0. The number of hydrogen-bond donors (Lipinski definition) is 0. The molecule has 0 saturated carbocycles. The zero-order valence-corrected chi connectivity index (χ0v) is 28.2. The van der Waals surface area contributed by atoms with Gasteiger partial charge in [0, 0.05) is 31.8 Å². The zero-order valence-electron chi connectivity index (χ0n) is 27.4. The van der Waals surface area contributed by atoms with Gasteiger partial charge in [0.1, 0.15) is 11.2 Å². The summed E-state index contributed by atoms with van der Waals surface area (Å²) in [6.45, 7) is 0. The highest BCUT2D eigenvalue weighted by molar-refractivity contribution is 7.99. The molecule has 0 atom stereocenters. The van der Waals surface area contributed by atoms with Crippen LogP contribution in [0.4, 0.5) is 17.1 Å². The van der Waals surface area contributed by atoms with Crippen LogP contribution in [0.1, 0.15) is 0 Å². The molecular formula is C47H28N2OS. The van der Waals surface area contributed by atoms with Crippen molar-refractivity contribution in [2.75, 3.05) is 4.90 Å². The van der Waals surface area contributed by atoms with Crippen LogP contribution in [0.2, 0.25) is 0 Å². The van der Waals surface area contributed by atoms with E-state index in [-0.39, 0.29) is 0 Å². The number of hydrogen-bond acceptors (Lipinski definition) is 4. The van der Waals surface area contributed by atoms with Crippen LogP contribution in [-0.4, -0.2) is 4.98 Å². The minimum Gasteiger partial charge on any atom is -0.456 e. The molecule has 11 rings (SSSR count). The van der Waals surface area contributed by atoms with Crippen molar-refractivity contribution < 1.29 is 4.42 Å². The van der Waals surface area contributed by atoms with Crippen molar-refractivity contribution in [1.82, 2.24) is 4.98 Å². The summed E-state index contributed by atoms with van der Waals surface area (Å²) in [4.78, 5) is 10.4. The standard InChI is InChI=1S/C47H28N2OS/c1-3-13-33-29(10-1)12-9-15-35(33)37-28-38(48-47-36(37)25-27-42-46(47)45-34-14-4-2-11-30(34)22-26-41(45)50-42)31-20-23-32(24-21-31)49-39-16-5-7-18-43(39)51-44-19-8-6-17-40(44)49/h1-28H. The number of para-hydroxylation sites is 2. The van der Waals surface area contributed by atoms with E-state index < -0.39 is 0 Å². The van der Waals surface area contributed by atoms with Crippen LogP contribution in [0, 0.1) is 0 Å². The Hall–Kier alpha value is -6.36. The van der Waals surface area contributed by atoms with Crippen LogP contribution in [0.3, 0.4) is 0 Å². The molecule has 238 valence electrons. The number of furan rings is 1. The largest absolute Gasteiger partial charge is 0.456 e. The average Bonchev–Trinajstić information content (AvgIpc) is 3.59. The van der Waals surface area contributed by atoms with Gasteiger partial charge >= 0.3 is 0 Å². The first-order valence-electron chi connectivity index (χ1n) is 17.2. The van der Waals surface area contributed by atoms with Crippen molar-refractivity contribution in [3.05, 3.63) is 170 Å². The molecule has 1 aliphatic rings. The molecule has 51 heavy (non-hydrogen) atoms. The summed E-state index contributed by atoms with van der Waals surface area (Å²) < 4.78 is 6.52. The van der Waals surface area contributed by atoms with E-state index in [0.717, 1.165) is 55.3 Å². The van der Waals surface area contributed by atoms with Gasteiger partial charge in [0.2, 0.25) is 0 Å². The molecule has 4 heteroatoms. The smallest absolute Gasteiger partial charge is 0.137 e. The maximum absolute atomic E-state index is 6.52. The van der Waals surface area contributed by atoms with Crippen LogP contribution in [0.25, 0.3) is 76.8 Å². The van der Waals surface area contributed by atoms with E-state index in [9.17, 15) is 0 Å². The lowest BCUT2D eigenvalue weighted by Crippen LogP contribution is -2.14. The summed E-state index contributed by atoms with van der Waals surface area (Å²) in [7, 11) is 0. The Balaban J connectivity index is 1.17.